The number of aliphatic hydroxyl groups excluding tert-OH is 1. The smallest absolute Gasteiger partial charge is 0.159 e. The molecule has 2 N–H and O–H groups in total. The van der Waals surface area contributed by atoms with Crippen LogP contribution in [0.25, 0.3) is 22.3 Å². The number of aromatic nitrogens is 4. The Morgan fingerprint density at radius 1 is 1.22 bits per heavy atom. The molecule has 0 aliphatic heterocycles. The van der Waals surface area contributed by atoms with E-state index in [9.17, 15) is 0 Å². The van der Waals surface area contributed by atoms with E-state index in [1.165, 1.54) is 6.33 Å². The summed E-state index contributed by atoms with van der Waals surface area (Å²) in [5.74, 6) is 1.87. The molecule has 7 nitrogen and oxygen atoms in total. The lowest BCUT2D eigenvalue weighted by Gasteiger charge is -2.12. The first kappa shape index (κ1) is 18.5. The molecular formula is C20H21N5O2. The van der Waals surface area contributed by atoms with Gasteiger partial charge in [-0.25, -0.2) is 19.9 Å². The van der Waals surface area contributed by atoms with E-state index < -0.39 is 0 Å². The summed E-state index contributed by atoms with van der Waals surface area (Å²) in [6, 6.07) is 3.80. The second kappa shape index (κ2) is 8.37. The maximum atomic E-state index is 9.08. The molecule has 138 valence electrons. The van der Waals surface area contributed by atoms with Crippen LogP contribution in [-0.2, 0) is 0 Å². The molecule has 0 aliphatic carbocycles. The van der Waals surface area contributed by atoms with Crippen molar-refractivity contribution in [1.82, 2.24) is 19.9 Å². The van der Waals surface area contributed by atoms with Gasteiger partial charge in [-0.05, 0) is 30.2 Å². The summed E-state index contributed by atoms with van der Waals surface area (Å²) in [5.41, 5.74) is 3.36. The highest BCUT2D eigenvalue weighted by Crippen LogP contribution is 2.32. The third kappa shape index (κ3) is 4.09. The number of nitrogens with zero attached hydrogens (tertiary/aromatic N) is 4. The van der Waals surface area contributed by atoms with Crippen LogP contribution in [0.3, 0.4) is 0 Å². The Morgan fingerprint density at radius 3 is 2.67 bits per heavy atom. The molecule has 0 saturated carbocycles. The Hall–Kier alpha value is -3.32. The number of fused-ring (bicyclic) bond motifs is 1. The Kier molecular flexibility index (Phi) is 5.73. The van der Waals surface area contributed by atoms with E-state index in [1.807, 2.05) is 19.1 Å². The quantitative estimate of drug-likeness (QED) is 0.623. The standard InChI is InChI=1S/C20H21N5O2/c1-4-14(5-6-26)11-23-20-16-7-15(19-21-9-13(2)10-22-19)8-17(27-3)18(16)24-12-25-20/h4-5,7-10,12,26H,1,6,11H2,2-3H3,(H,23,24,25)/b14-5+. The molecule has 0 saturated heterocycles. The zero-order chi connectivity index (χ0) is 19.2. The Morgan fingerprint density at radius 2 is 2.00 bits per heavy atom. The number of aryl methyl sites for hydroxylation is 1. The van der Waals surface area contributed by atoms with Gasteiger partial charge in [0.2, 0.25) is 0 Å². The number of rotatable bonds is 7. The third-order valence-corrected chi connectivity index (χ3v) is 4.04. The molecule has 3 rings (SSSR count). The fraction of sp³-hybridized carbons (Fsp3) is 0.200. The van der Waals surface area contributed by atoms with Crippen molar-refractivity contribution < 1.29 is 9.84 Å². The molecule has 2 heterocycles. The van der Waals surface area contributed by atoms with Crippen LogP contribution in [-0.4, -0.2) is 45.3 Å². The fourth-order valence-electron chi connectivity index (χ4n) is 2.63. The minimum atomic E-state index is -0.0453. The maximum Gasteiger partial charge on any atom is 0.159 e. The van der Waals surface area contributed by atoms with Crippen molar-refractivity contribution in [2.24, 2.45) is 0 Å². The number of aliphatic hydroxyl groups is 1. The van der Waals surface area contributed by atoms with Crippen molar-refractivity contribution in [3.63, 3.8) is 0 Å². The number of hydrogen-bond acceptors (Lipinski definition) is 7. The van der Waals surface area contributed by atoms with Crippen molar-refractivity contribution >= 4 is 16.7 Å². The highest BCUT2D eigenvalue weighted by atomic mass is 16.5. The summed E-state index contributed by atoms with van der Waals surface area (Å²) < 4.78 is 5.52. The van der Waals surface area contributed by atoms with E-state index >= 15 is 0 Å². The van der Waals surface area contributed by atoms with Crippen molar-refractivity contribution in [2.75, 3.05) is 25.6 Å². The van der Waals surface area contributed by atoms with Gasteiger partial charge >= 0.3 is 0 Å². The van der Waals surface area contributed by atoms with Gasteiger partial charge in [-0.2, -0.15) is 0 Å². The molecule has 0 amide bonds. The van der Waals surface area contributed by atoms with Crippen LogP contribution in [0, 0.1) is 6.92 Å². The van der Waals surface area contributed by atoms with Gasteiger partial charge in [-0.15, -0.1) is 0 Å². The lowest BCUT2D eigenvalue weighted by molar-refractivity contribution is 0.342. The fourth-order valence-corrected chi connectivity index (χ4v) is 2.63. The van der Waals surface area contributed by atoms with Gasteiger partial charge in [0.05, 0.1) is 13.7 Å². The molecule has 2 aromatic heterocycles. The summed E-state index contributed by atoms with van der Waals surface area (Å²) in [4.78, 5) is 17.5. The average molecular weight is 363 g/mol. The van der Waals surface area contributed by atoms with Crippen molar-refractivity contribution in [3.05, 3.63) is 60.7 Å². The first-order valence-corrected chi connectivity index (χ1v) is 8.44. The van der Waals surface area contributed by atoms with Crippen LogP contribution in [0.5, 0.6) is 5.75 Å². The van der Waals surface area contributed by atoms with Gasteiger partial charge in [0.25, 0.3) is 0 Å². The summed E-state index contributed by atoms with van der Waals surface area (Å²) >= 11 is 0. The largest absolute Gasteiger partial charge is 0.494 e. The predicted molar refractivity (Wildman–Crippen MR) is 106 cm³/mol. The lowest BCUT2D eigenvalue weighted by atomic mass is 10.1. The zero-order valence-electron chi connectivity index (χ0n) is 15.3. The maximum absolute atomic E-state index is 9.08. The Labute approximate surface area is 157 Å². The van der Waals surface area contributed by atoms with Crippen molar-refractivity contribution in [1.29, 1.82) is 0 Å². The van der Waals surface area contributed by atoms with E-state index in [0.29, 0.717) is 29.5 Å². The van der Waals surface area contributed by atoms with Gasteiger partial charge in [-0.1, -0.05) is 18.7 Å². The number of hydrogen-bond donors (Lipinski definition) is 2. The molecule has 0 fully saturated rings. The number of nitrogens with one attached hydrogen (secondary N) is 1. The third-order valence-electron chi connectivity index (χ3n) is 4.04. The van der Waals surface area contributed by atoms with E-state index in [2.05, 4.69) is 31.8 Å². The van der Waals surface area contributed by atoms with Crippen LogP contribution in [0.15, 0.2) is 55.2 Å². The van der Waals surface area contributed by atoms with E-state index in [1.54, 1.807) is 31.7 Å². The molecule has 0 spiro atoms. The molecule has 7 heteroatoms. The highest BCUT2D eigenvalue weighted by molar-refractivity contribution is 5.96. The number of ether oxygens (including phenoxy) is 1. The van der Waals surface area contributed by atoms with E-state index in [-0.39, 0.29) is 6.61 Å². The van der Waals surface area contributed by atoms with Crippen LogP contribution in [0.1, 0.15) is 5.56 Å². The van der Waals surface area contributed by atoms with E-state index in [0.717, 1.165) is 22.1 Å². The van der Waals surface area contributed by atoms with Gasteiger partial charge < -0.3 is 15.2 Å². The molecule has 3 aromatic rings. The van der Waals surface area contributed by atoms with Gasteiger partial charge in [0.15, 0.2) is 5.82 Å². The van der Waals surface area contributed by atoms with Gasteiger partial charge in [0.1, 0.15) is 23.4 Å². The number of methoxy groups -OCH3 is 1. The Bertz CT molecular complexity index is 984. The topological polar surface area (TPSA) is 93.0 Å². The van der Waals surface area contributed by atoms with Crippen LogP contribution >= 0.6 is 0 Å². The van der Waals surface area contributed by atoms with Gasteiger partial charge in [-0.3, -0.25) is 0 Å². The summed E-state index contributed by atoms with van der Waals surface area (Å²) in [7, 11) is 1.60. The number of benzene rings is 1. The number of anilines is 1. The second-order valence-electron chi connectivity index (χ2n) is 5.90. The second-order valence-corrected chi connectivity index (χ2v) is 5.90. The molecule has 0 bridgehead atoms. The molecule has 0 unspecified atom stereocenters. The Balaban J connectivity index is 2.07. The normalized spacial score (nSPS) is 11.4. The molecule has 0 atom stereocenters. The lowest BCUT2D eigenvalue weighted by Crippen LogP contribution is -2.07. The average Bonchev–Trinajstić information content (AvgIpc) is 2.70. The minimum Gasteiger partial charge on any atom is -0.494 e. The summed E-state index contributed by atoms with van der Waals surface area (Å²) in [5, 5.41) is 13.1. The van der Waals surface area contributed by atoms with Crippen LogP contribution in [0.4, 0.5) is 5.82 Å². The molecule has 0 radical (unpaired) electrons. The molecule has 0 aliphatic rings. The highest BCUT2D eigenvalue weighted by Gasteiger charge is 2.13. The molecule has 27 heavy (non-hydrogen) atoms. The van der Waals surface area contributed by atoms with Gasteiger partial charge in [0, 0.05) is 29.9 Å². The van der Waals surface area contributed by atoms with Crippen molar-refractivity contribution in [2.45, 2.75) is 6.92 Å². The SMILES string of the molecule is C=C/C(=C\CO)CNc1ncnc2c(OC)cc(-c3ncc(C)cn3)cc12. The zero-order valence-corrected chi connectivity index (χ0v) is 15.3. The van der Waals surface area contributed by atoms with E-state index in [4.69, 9.17) is 9.84 Å². The molecular weight excluding hydrogens is 342 g/mol. The van der Waals surface area contributed by atoms with Crippen LogP contribution < -0.4 is 10.1 Å². The molecule has 1 aromatic carbocycles. The van der Waals surface area contributed by atoms with Crippen LogP contribution in [0.2, 0.25) is 0 Å². The first-order chi connectivity index (χ1) is 13.2. The summed E-state index contributed by atoms with van der Waals surface area (Å²) in [6.45, 7) is 6.13. The summed E-state index contributed by atoms with van der Waals surface area (Å²) in [6.07, 6.45) is 8.41. The minimum absolute atomic E-state index is 0.0453. The predicted octanol–water partition coefficient (Wildman–Crippen LogP) is 2.92. The van der Waals surface area contributed by atoms with Crippen molar-refractivity contribution in [3.8, 4) is 17.1 Å². The monoisotopic (exact) mass is 363 g/mol. The first-order valence-electron chi connectivity index (χ1n) is 8.44.